The van der Waals surface area contributed by atoms with E-state index in [9.17, 15) is 0 Å². The van der Waals surface area contributed by atoms with Crippen molar-refractivity contribution in [2.75, 3.05) is 26.8 Å². The summed E-state index contributed by atoms with van der Waals surface area (Å²) in [5, 5.41) is 11.4. The second kappa shape index (κ2) is 5.99. The van der Waals surface area contributed by atoms with Crippen LogP contribution in [0.1, 0.15) is 20.3 Å². The van der Waals surface area contributed by atoms with Gasteiger partial charge in [0.1, 0.15) is 0 Å². The summed E-state index contributed by atoms with van der Waals surface area (Å²) in [5.74, 6) is 0. The van der Waals surface area contributed by atoms with E-state index < -0.39 is 0 Å². The highest BCUT2D eigenvalue weighted by atomic mass is 16.5. The molecule has 0 amide bonds. The number of hydrogen-bond acceptors (Lipinski definition) is 3. The maximum absolute atomic E-state index is 8.30. The lowest BCUT2D eigenvalue weighted by molar-refractivity contribution is 0.151. The van der Waals surface area contributed by atoms with E-state index in [-0.39, 0.29) is 5.41 Å². The van der Waals surface area contributed by atoms with E-state index in [1.807, 2.05) is 0 Å². The van der Waals surface area contributed by atoms with Gasteiger partial charge >= 0.3 is 0 Å². The summed E-state index contributed by atoms with van der Waals surface area (Å²) in [4.78, 5) is 0. The molecule has 0 fully saturated rings. The molecule has 3 nitrogen and oxygen atoms in total. The van der Waals surface area contributed by atoms with Gasteiger partial charge in [0.15, 0.2) is 0 Å². The molecule has 1 N–H and O–H groups in total. The first-order valence-corrected chi connectivity index (χ1v) is 4.19. The van der Waals surface area contributed by atoms with Crippen molar-refractivity contribution in [3.05, 3.63) is 0 Å². The summed E-state index contributed by atoms with van der Waals surface area (Å²) >= 11 is 0. The van der Waals surface area contributed by atoms with Crippen LogP contribution in [0.3, 0.4) is 0 Å². The fourth-order valence-corrected chi connectivity index (χ4v) is 0.924. The molecule has 0 saturated carbocycles. The highest BCUT2D eigenvalue weighted by molar-refractivity contribution is 4.77. The van der Waals surface area contributed by atoms with E-state index >= 15 is 0 Å². The standard InChI is InChI=1S/C9H18N2O/c1-9(2,4-7-12-3)8-11-6-5-10/h11H,4,6-8H2,1-3H3. The number of ether oxygens (including phenoxy) is 1. The van der Waals surface area contributed by atoms with Crippen molar-refractivity contribution >= 4 is 0 Å². The molecule has 12 heavy (non-hydrogen) atoms. The maximum Gasteiger partial charge on any atom is 0.0841 e. The smallest absolute Gasteiger partial charge is 0.0841 e. The lowest BCUT2D eigenvalue weighted by atomic mass is 9.90. The topological polar surface area (TPSA) is 45.0 Å². The Balaban J connectivity index is 3.50. The number of rotatable bonds is 6. The Labute approximate surface area is 74.7 Å². The van der Waals surface area contributed by atoms with Gasteiger partial charge in [-0.2, -0.15) is 5.26 Å². The zero-order valence-electron chi connectivity index (χ0n) is 8.18. The molecular weight excluding hydrogens is 152 g/mol. The van der Waals surface area contributed by atoms with Crippen LogP contribution in [0.2, 0.25) is 0 Å². The third-order valence-electron chi connectivity index (χ3n) is 1.79. The number of nitriles is 1. The summed E-state index contributed by atoms with van der Waals surface area (Å²) in [6, 6.07) is 2.05. The van der Waals surface area contributed by atoms with Gasteiger partial charge in [0, 0.05) is 20.3 Å². The fourth-order valence-electron chi connectivity index (χ4n) is 0.924. The molecule has 0 unspecified atom stereocenters. The van der Waals surface area contributed by atoms with Crippen molar-refractivity contribution in [3.8, 4) is 6.07 Å². The second-order valence-corrected chi connectivity index (χ2v) is 3.67. The van der Waals surface area contributed by atoms with Crippen LogP contribution in [-0.4, -0.2) is 26.8 Å². The van der Waals surface area contributed by atoms with Gasteiger partial charge in [-0.25, -0.2) is 0 Å². The van der Waals surface area contributed by atoms with Crippen molar-refractivity contribution in [2.45, 2.75) is 20.3 Å². The summed E-state index contributed by atoms with van der Waals surface area (Å²) in [5.41, 5.74) is 0.215. The molecule has 0 aliphatic carbocycles. The predicted molar refractivity (Wildman–Crippen MR) is 48.8 cm³/mol. The van der Waals surface area contributed by atoms with Gasteiger partial charge in [0.05, 0.1) is 12.6 Å². The van der Waals surface area contributed by atoms with Gasteiger partial charge in [-0.05, 0) is 11.8 Å². The van der Waals surface area contributed by atoms with Crippen LogP contribution in [0, 0.1) is 16.7 Å². The molecule has 0 heterocycles. The van der Waals surface area contributed by atoms with Gasteiger partial charge in [-0.3, -0.25) is 0 Å². The number of nitrogens with zero attached hydrogens (tertiary/aromatic N) is 1. The fraction of sp³-hybridized carbons (Fsp3) is 0.889. The average Bonchev–Trinajstić information content (AvgIpc) is 2.01. The second-order valence-electron chi connectivity index (χ2n) is 3.67. The van der Waals surface area contributed by atoms with Crippen molar-refractivity contribution < 1.29 is 4.74 Å². The Bertz CT molecular complexity index is 149. The highest BCUT2D eigenvalue weighted by Gasteiger charge is 2.16. The zero-order valence-corrected chi connectivity index (χ0v) is 8.18. The summed E-state index contributed by atoms with van der Waals surface area (Å²) in [7, 11) is 1.71. The van der Waals surface area contributed by atoms with Crippen molar-refractivity contribution in [2.24, 2.45) is 5.41 Å². The molecule has 0 atom stereocenters. The summed E-state index contributed by atoms with van der Waals surface area (Å²) in [6.07, 6.45) is 1.02. The van der Waals surface area contributed by atoms with Gasteiger partial charge in [-0.15, -0.1) is 0 Å². The third-order valence-corrected chi connectivity index (χ3v) is 1.79. The first-order chi connectivity index (χ1) is 5.62. The van der Waals surface area contributed by atoms with E-state index in [2.05, 4.69) is 25.2 Å². The SMILES string of the molecule is COCCC(C)(C)CNCC#N. The highest BCUT2D eigenvalue weighted by Crippen LogP contribution is 2.18. The summed E-state index contributed by atoms with van der Waals surface area (Å²) in [6.45, 7) is 6.40. The van der Waals surface area contributed by atoms with E-state index in [1.165, 1.54) is 0 Å². The largest absolute Gasteiger partial charge is 0.385 e. The van der Waals surface area contributed by atoms with Gasteiger partial charge in [-0.1, -0.05) is 13.8 Å². The minimum Gasteiger partial charge on any atom is -0.385 e. The molecule has 0 bridgehead atoms. The Morgan fingerprint density at radius 1 is 1.50 bits per heavy atom. The van der Waals surface area contributed by atoms with Gasteiger partial charge in [0.2, 0.25) is 0 Å². The normalized spacial score (nSPS) is 11.2. The van der Waals surface area contributed by atoms with Crippen molar-refractivity contribution in [1.29, 1.82) is 5.26 Å². The third kappa shape index (κ3) is 6.14. The van der Waals surface area contributed by atoms with Crippen LogP contribution < -0.4 is 5.32 Å². The molecule has 0 rings (SSSR count). The number of nitrogens with one attached hydrogen (secondary N) is 1. The van der Waals surface area contributed by atoms with E-state index in [1.54, 1.807) is 7.11 Å². The monoisotopic (exact) mass is 170 g/mol. The molecule has 3 heteroatoms. The molecular formula is C9H18N2O. The van der Waals surface area contributed by atoms with Gasteiger partial charge in [0.25, 0.3) is 0 Å². The van der Waals surface area contributed by atoms with Crippen LogP contribution in [0.15, 0.2) is 0 Å². The van der Waals surface area contributed by atoms with Crippen LogP contribution in [-0.2, 0) is 4.74 Å². The quantitative estimate of drug-likeness (QED) is 0.480. The van der Waals surface area contributed by atoms with Crippen molar-refractivity contribution in [1.82, 2.24) is 5.32 Å². The van der Waals surface area contributed by atoms with Crippen LogP contribution in [0.25, 0.3) is 0 Å². The molecule has 0 saturated heterocycles. The molecule has 0 spiro atoms. The van der Waals surface area contributed by atoms with Crippen LogP contribution >= 0.6 is 0 Å². The molecule has 0 radical (unpaired) electrons. The van der Waals surface area contributed by atoms with E-state index in [0.29, 0.717) is 6.54 Å². The van der Waals surface area contributed by atoms with Crippen LogP contribution in [0.5, 0.6) is 0 Å². The molecule has 0 aliphatic rings. The minimum absolute atomic E-state index is 0.215. The molecule has 0 aliphatic heterocycles. The Kier molecular flexibility index (Phi) is 5.69. The van der Waals surface area contributed by atoms with E-state index in [0.717, 1.165) is 19.6 Å². The Morgan fingerprint density at radius 3 is 2.67 bits per heavy atom. The predicted octanol–water partition coefficient (Wildman–Crippen LogP) is 1.16. The average molecular weight is 170 g/mol. The maximum atomic E-state index is 8.30. The summed E-state index contributed by atoms with van der Waals surface area (Å²) < 4.78 is 4.99. The lowest BCUT2D eigenvalue weighted by Crippen LogP contribution is -2.30. The molecule has 0 aromatic rings. The Morgan fingerprint density at radius 2 is 2.17 bits per heavy atom. The molecule has 0 aromatic carbocycles. The van der Waals surface area contributed by atoms with Crippen LogP contribution in [0.4, 0.5) is 0 Å². The molecule has 70 valence electrons. The first kappa shape index (κ1) is 11.4. The first-order valence-electron chi connectivity index (χ1n) is 4.19. The van der Waals surface area contributed by atoms with Gasteiger partial charge < -0.3 is 10.1 Å². The lowest BCUT2D eigenvalue weighted by Gasteiger charge is -2.23. The number of methoxy groups -OCH3 is 1. The minimum atomic E-state index is 0.215. The Hall–Kier alpha value is -0.590. The molecule has 0 aromatic heterocycles. The zero-order chi connectivity index (χ0) is 9.45. The van der Waals surface area contributed by atoms with Crippen molar-refractivity contribution in [3.63, 3.8) is 0 Å². The van der Waals surface area contributed by atoms with E-state index in [4.69, 9.17) is 10.00 Å². The number of hydrogen-bond donors (Lipinski definition) is 1.